The van der Waals surface area contributed by atoms with Crippen LogP contribution in [0, 0.1) is 13.8 Å². The van der Waals surface area contributed by atoms with E-state index < -0.39 is 0 Å². The average molecular weight is 405 g/mol. The molecule has 1 aliphatic heterocycles. The molecule has 3 aromatic rings. The van der Waals surface area contributed by atoms with Crippen LogP contribution in [0.25, 0.3) is 11.1 Å². The van der Waals surface area contributed by atoms with Crippen molar-refractivity contribution in [1.29, 1.82) is 0 Å². The molecule has 0 bridgehead atoms. The second-order valence-corrected chi connectivity index (χ2v) is 8.16. The van der Waals surface area contributed by atoms with Gasteiger partial charge in [-0.15, -0.1) is 0 Å². The van der Waals surface area contributed by atoms with Gasteiger partial charge < -0.3 is 20.5 Å². The number of amides is 1. The average Bonchev–Trinajstić information content (AvgIpc) is 3.14. The van der Waals surface area contributed by atoms with E-state index in [4.69, 9.17) is 5.73 Å². The molecule has 1 aromatic carbocycles. The fourth-order valence-corrected chi connectivity index (χ4v) is 4.07. The highest BCUT2D eigenvalue weighted by Gasteiger charge is 2.24. The predicted octanol–water partition coefficient (Wildman–Crippen LogP) is 3.28. The van der Waals surface area contributed by atoms with Gasteiger partial charge in [0.05, 0.1) is 23.9 Å². The van der Waals surface area contributed by atoms with Gasteiger partial charge in [0.2, 0.25) is 0 Å². The fraction of sp³-hybridized carbons (Fsp3) is 0.348. The van der Waals surface area contributed by atoms with Crippen molar-refractivity contribution in [3.63, 3.8) is 0 Å². The molecule has 3 heterocycles. The Balaban J connectivity index is 1.78. The van der Waals surface area contributed by atoms with Gasteiger partial charge in [-0.2, -0.15) is 0 Å². The van der Waals surface area contributed by atoms with Crippen molar-refractivity contribution >= 4 is 17.3 Å². The van der Waals surface area contributed by atoms with E-state index in [0.29, 0.717) is 11.4 Å². The van der Waals surface area contributed by atoms with E-state index in [1.54, 1.807) is 23.3 Å². The quantitative estimate of drug-likeness (QED) is 0.697. The monoisotopic (exact) mass is 404 g/mol. The Morgan fingerprint density at radius 3 is 2.47 bits per heavy atom. The van der Waals surface area contributed by atoms with Crippen LogP contribution in [0.2, 0.25) is 0 Å². The number of carbonyl (C=O) groups is 1. The third kappa shape index (κ3) is 4.21. The minimum absolute atomic E-state index is 0.222. The van der Waals surface area contributed by atoms with Crippen molar-refractivity contribution in [3.8, 4) is 11.1 Å². The van der Waals surface area contributed by atoms with Crippen LogP contribution in [0.15, 0.2) is 43.1 Å². The molecule has 4 rings (SSSR count). The molecule has 0 saturated carbocycles. The molecule has 30 heavy (non-hydrogen) atoms. The van der Waals surface area contributed by atoms with E-state index in [2.05, 4.69) is 52.2 Å². The van der Waals surface area contributed by atoms with Gasteiger partial charge in [0.25, 0.3) is 5.91 Å². The van der Waals surface area contributed by atoms with Gasteiger partial charge >= 0.3 is 0 Å². The number of nitrogens with one attached hydrogen (secondary N) is 1. The maximum atomic E-state index is 12.8. The van der Waals surface area contributed by atoms with Crippen molar-refractivity contribution in [2.45, 2.75) is 32.7 Å². The molecule has 0 radical (unpaired) electrons. The first-order valence-electron chi connectivity index (χ1n) is 10.3. The van der Waals surface area contributed by atoms with E-state index in [9.17, 15) is 4.79 Å². The summed E-state index contributed by atoms with van der Waals surface area (Å²) in [7, 11) is 1.84. The maximum Gasteiger partial charge on any atom is 0.275 e. The standard InChI is InChI=1S/C23H28N6O/c1-15-8-16(2)10-17(9-15)19-11-25-12-20(22(19)29-6-4-18(24)5-7-29)27-23(30)21-13-28(3)14-26-21/h8-14,18H,4-7,24H2,1-3H3,(H,27,30). The number of nitrogens with zero attached hydrogens (tertiary/aromatic N) is 4. The number of pyridine rings is 1. The molecule has 0 aliphatic carbocycles. The number of aromatic nitrogens is 3. The Morgan fingerprint density at radius 2 is 1.83 bits per heavy atom. The first-order chi connectivity index (χ1) is 14.4. The number of hydrogen-bond donors (Lipinski definition) is 2. The lowest BCUT2D eigenvalue weighted by Gasteiger charge is -2.34. The molecule has 1 fully saturated rings. The van der Waals surface area contributed by atoms with Gasteiger partial charge in [0.15, 0.2) is 0 Å². The minimum Gasteiger partial charge on any atom is -0.369 e. The lowest BCUT2D eigenvalue weighted by molar-refractivity contribution is 0.102. The van der Waals surface area contributed by atoms with Crippen molar-refractivity contribution in [2.24, 2.45) is 12.8 Å². The van der Waals surface area contributed by atoms with Gasteiger partial charge in [-0.05, 0) is 32.3 Å². The van der Waals surface area contributed by atoms with E-state index >= 15 is 0 Å². The predicted molar refractivity (Wildman–Crippen MR) is 120 cm³/mol. The highest BCUT2D eigenvalue weighted by molar-refractivity contribution is 6.06. The van der Waals surface area contributed by atoms with E-state index in [-0.39, 0.29) is 11.9 Å². The number of aryl methyl sites for hydroxylation is 3. The van der Waals surface area contributed by atoms with Gasteiger partial charge in [-0.25, -0.2) is 4.98 Å². The van der Waals surface area contributed by atoms with E-state index in [1.165, 1.54) is 11.1 Å². The Bertz CT molecular complexity index is 1050. The summed E-state index contributed by atoms with van der Waals surface area (Å²) in [5, 5.41) is 3.04. The zero-order valence-corrected chi connectivity index (χ0v) is 17.7. The molecular weight excluding hydrogens is 376 g/mol. The first kappa shape index (κ1) is 20.1. The summed E-state index contributed by atoms with van der Waals surface area (Å²) in [4.78, 5) is 23.7. The van der Waals surface area contributed by atoms with Gasteiger partial charge in [-0.1, -0.05) is 29.3 Å². The molecule has 3 N–H and O–H groups in total. The zero-order valence-electron chi connectivity index (χ0n) is 17.7. The molecule has 7 nitrogen and oxygen atoms in total. The Morgan fingerprint density at radius 1 is 1.13 bits per heavy atom. The van der Waals surface area contributed by atoms with Crippen LogP contribution in [0.4, 0.5) is 11.4 Å². The molecular formula is C23H28N6O. The molecule has 156 valence electrons. The smallest absolute Gasteiger partial charge is 0.275 e. The van der Waals surface area contributed by atoms with Gasteiger partial charge in [0, 0.05) is 44.1 Å². The highest BCUT2D eigenvalue weighted by Crippen LogP contribution is 2.38. The molecule has 7 heteroatoms. The van der Waals surface area contributed by atoms with Crippen molar-refractivity contribution in [3.05, 3.63) is 59.9 Å². The maximum absolute atomic E-state index is 12.8. The molecule has 2 aromatic heterocycles. The van der Waals surface area contributed by atoms with Crippen molar-refractivity contribution in [1.82, 2.24) is 14.5 Å². The lowest BCUT2D eigenvalue weighted by atomic mass is 9.98. The van der Waals surface area contributed by atoms with Crippen LogP contribution in [0.3, 0.4) is 0 Å². The summed E-state index contributed by atoms with van der Waals surface area (Å²) < 4.78 is 1.76. The van der Waals surface area contributed by atoms with E-state index in [0.717, 1.165) is 42.7 Å². The molecule has 0 spiro atoms. The summed E-state index contributed by atoms with van der Waals surface area (Å²) in [6.45, 7) is 5.87. The summed E-state index contributed by atoms with van der Waals surface area (Å²) in [5.41, 5.74) is 12.7. The van der Waals surface area contributed by atoms with Gasteiger partial charge in [-0.3, -0.25) is 9.78 Å². The van der Waals surface area contributed by atoms with Crippen LogP contribution >= 0.6 is 0 Å². The number of rotatable bonds is 4. The molecule has 1 aliphatic rings. The largest absolute Gasteiger partial charge is 0.369 e. The normalized spacial score (nSPS) is 14.7. The number of benzene rings is 1. The summed E-state index contributed by atoms with van der Waals surface area (Å²) in [6.07, 6.45) is 8.76. The van der Waals surface area contributed by atoms with Crippen LogP contribution in [-0.2, 0) is 7.05 Å². The van der Waals surface area contributed by atoms with Crippen LogP contribution in [0.5, 0.6) is 0 Å². The lowest BCUT2D eigenvalue weighted by Crippen LogP contribution is -2.40. The first-order valence-corrected chi connectivity index (χ1v) is 10.3. The fourth-order valence-electron chi connectivity index (χ4n) is 4.07. The summed E-state index contributed by atoms with van der Waals surface area (Å²) >= 11 is 0. The SMILES string of the molecule is Cc1cc(C)cc(-c2cncc(NC(=O)c3cn(C)cn3)c2N2CCC(N)CC2)c1. The minimum atomic E-state index is -0.245. The third-order valence-electron chi connectivity index (χ3n) is 5.49. The molecule has 0 unspecified atom stereocenters. The summed E-state index contributed by atoms with van der Waals surface area (Å²) in [5.74, 6) is -0.245. The Hall–Kier alpha value is -3.19. The highest BCUT2D eigenvalue weighted by atomic mass is 16.1. The van der Waals surface area contributed by atoms with Crippen LogP contribution < -0.4 is 16.0 Å². The molecule has 1 saturated heterocycles. The number of imidazole rings is 1. The topological polar surface area (TPSA) is 89.1 Å². The number of piperidine rings is 1. The second kappa shape index (κ2) is 8.28. The number of nitrogens with two attached hydrogens (primary N) is 1. The van der Waals surface area contributed by atoms with E-state index in [1.807, 2.05) is 13.2 Å². The molecule has 1 amide bonds. The number of hydrogen-bond acceptors (Lipinski definition) is 5. The summed E-state index contributed by atoms with van der Waals surface area (Å²) in [6, 6.07) is 6.70. The van der Waals surface area contributed by atoms with Crippen LogP contribution in [-0.4, -0.2) is 39.6 Å². The number of anilines is 2. The second-order valence-electron chi connectivity index (χ2n) is 8.16. The molecule has 0 atom stereocenters. The number of carbonyl (C=O) groups excluding carboxylic acids is 1. The Kier molecular flexibility index (Phi) is 5.55. The third-order valence-corrected chi connectivity index (χ3v) is 5.49. The van der Waals surface area contributed by atoms with Crippen LogP contribution in [0.1, 0.15) is 34.5 Å². The van der Waals surface area contributed by atoms with Crippen molar-refractivity contribution < 1.29 is 4.79 Å². The zero-order chi connectivity index (χ0) is 21.3. The van der Waals surface area contributed by atoms with Crippen molar-refractivity contribution in [2.75, 3.05) is 23.3 Å². The Labute approximate surface area is 176 Å². The van der Waals surface area contributed by atoms with Gasteiger partial charge in [0.1, 0.15) is 5.69 Å².